The van der Waals surface area contributed by atoms with Gasteiger partial charge in [0.2, 0.25) is 6.79 Å². The fourth-order valence-corrected chi connectivity index (χ4v) is 4.88. The van der Waals surface area contributed by atoms with Gasteiger partial charge in [-0.3, -0.25) is 9.36 Å². The molecule has 0 bridgehead atoms. The van der Waals surface area contributed by atoms with E-state index in [2.05, 4.69) is 4.99 Å². The van der Waals surface area contributed by atoms with Gasteiger partial charge in [-0.05, 0) is 50.6 Å². The van der Waals surface area contributed by atoms with E-state index in [0.29, 0.717) is 43.4 Å². The number of rotatable bonds is 4. The van der Waals surface area contributed by atoms with Crippen LogP contribution in [0.1, 0.15) is 37.0 Å². The first-order chi connectivity index (χ1) is 15.5. The Morgan fingerprint density at radius 2 is 2.06 bits per heavy atom. The number of fused-ring (bicyclic) bond motifs is 2. The molecule has 32 heavy (non-hydrogen) atoms. The number of thiazole rings is 1. The number of aryl methyl sites for hydroxylation is 1. The Bertz CT molecular complexity index is 1440. The average Bonchev–Trinajstić information content (AvgIpc) is 3.46. The number of carbonyl (C=O) groups excluding carboxylic acids is 1. The molecule has 5 rings (SSSR count). The Kier molecular flexibility index (Phi) is 4.97. The Hall–Kier alpha value is -3.59. The van der Waals surface area contributed by atoms with Crippen LogP contribution in [-0.2, 0) is 9.53 Å². The van der Waals surface area contributed by atoms with Gasteiger partial charge in [0.15, 0.2) is 16.3 Å². The van der Waals surface area contributed by atoms with Crippen LogP contribution in [-0.4, -0.2) is 23.9 Å². The summed E-state index contributed by atoms with van der Waals surface area (Å²) in [5, 5.41) is 0. The standard InChI is InChI=1S/C23H20N2O6S/c1-4-28-22(27)19-13(3)24-23-25(20(19)14-6-8-16-17(9-14)30-11-29-16)21(26)18(32-23)10-15-7-5-12(2)31-15/h5-10,20H,4,11H2,1-3H3/b18-10-/t20-/m1/s1. The fraction of sp³-hybridized carbons (Fsp3) is 0.261. The van der Waals surface area contributed by atoms with Gasteiger partial charge in [0, 0.05) is 6.08 Å². The lowest BCUT2D eigenvalue weighted by Gasteiger charge is -2.24. The smallest absolute Gasteiger partial charge is 0.338 e. The zero-order valence-corrected chi connectivity index (χ0v) is 18.5. The highest BCUT2D eigenvalue weighted by Crippen LogP contribution is 2.38. The number of nitrogens with zero attached hydrogens (tertiary/aromatic N) is 2. The van der Waals surface area contributed by atoms with Crippen LogP contribution in [0.3, 0.4) is 0 Å². The summed E-state index contributed by atoms with van der Waals surface area (Å²) in [5.74, 6) is 2.00. The molecule has 0 N–H and O–H groups in total. The number of allylic oxidation sites excluding steroid dienone is 1. The molecule has 2 aromatic heterocycles. The molecule has 2 aliphatic rings. The Morgan fingerprint density at radius 3 is 2.81 bits per heavy atom. The van der Waals surface area contributed by atoms with Crippen molar-refractivity contribution in [3.05, 3.63) is 78.4 Å². The van der Waals surface area contributed by atoms with Crippen LogP contribution < -0.4 is 24.4 Å². The van der Waals surface area contributed by atoms with Crippen molar-refractivity contribution in [2.45, 2.75) is 26.8 Å². The van der Waals surface area contributed by atoms with Crippen molar-refractivity contribution in [1.82, 2.24) is 4.57 Å². The summed E-state index contributed by atoms with van der Waals surface area (Å²) in [6.07, 6.45) is 1.69. The molecule has 4 heterocycles. The maximum absolute atomic E-state index is 13.5. The predicted molar refractivity (Wildman–Crippen MR) is 116 cm³/mol. The molecular weight excluding hydrogens is 432 g/mol. The molecule has 1 atom stereocenters. The van der Waals surface area contributed by atoms with Crippen LogP contribution in [0.25, 0.3) is 6.08 Å². The first-order valence-corrected chi connectivity index (χ1v) is 10.9. The van der Waals surface area contributed by atoms with E-state index in [1.807, 2.05) is 19.1 Å². The Labute approximate surface area is 186 Å². The van der Waals surface area contributed by atoms with Gasteiger partial charge >= 0.3 is 5.97 Å². The minimum atomic E-state index is -0.708. The van der Waals surface area contributed by atoms with Gasteiger partial charge in [0.05, 0.1) is 28.5 Å². The Morgan fingerprint density at radius 1 is 1.25 bits per heavy atom. The summed E-state index contributed by atoms with van der Waals surface area (Å²) in [4.78, 5) is 31.5. The van der Waals surface area contributed by atoms with Crippen molar-refractivity contribution in [2.24, 2.45) is 4.99 Å². The second-order valence-electron chi connectivity index (χ2n) is 7.36. The molecule has 3 aromatic rings. The molecule has 0 aliphatic carbocycles. The summed E-state index contributed by atoms with van der Waals surface area (Å²) in [5.41, 5.74) is 1.26. The molecule has 164 valence electrons. The molecular formula is C23H20N2O6S. The first-order valence-electron chi connectivity index (χ1n) is 10.1. The van der Waals surface area contributed by atoms with E-state index in [1.54, 1.807) is 38.1 Å². The van der Waals surface area contributed by atoms with Gasteiger partial charge < -0.3 is 18.6 Å². The van der Waals surface area contributed by atoms with Gasteiger partial charge in [0.25, 0.3) is 5.56 Å². The zero-order chi connectivity index (χ0) is 22.4. The molecule has 1 aromatic carbocycles. The van der Waals surface area contributed by atoms with Crippen LogP contribution in [0, 0.1) is 6.92 Å². The fourth-order valence-electron chi connectivity index (χ4n) is 3.85. The third-order valence-corrected chi connectivity index (χ3v) is 6.25. The number of furan rings is 1. The highest BCUT2D eigenvalue weighted by molar-refractivity contribution is 7.07. The van der Waals surface area contributed by atoms with E-state index in [4.69, 9.17) is 18.6 Å². The highest BCUT2D eigenvalue weighted by Gasteiger charge is 2.34. The summed E-state index contributed by atoms with van der Waals surface area (Å²) in [7, 11) is 0. The minimum absolute atomic E-state index is 0.129. The van der Waals surface area contributed by atoms with Crippen LogP contribution in [0.4, 0.5) is 0 Å². The third-order valence-electron chi connectivity index (χ3n) is 5.26. The van der Waals surface area contributed by atoms with Crippen molar-refractivity contribution in [1.29, 1.82) is 0 Å². The maximum atomic E-state index is 13.5. The van der Waals surface area contributed by atoms with E-state index in [0.717, 1.165) is 5.76 Å². The van der Waals surface area contributed by atoms with Crippen LogP contribution in [0.15, 0.2) is 55.8 Å². The van der Waals surface area contributed by atoms with Gasteiger partial charge in [-0.2, -0.15) is 0 Å². The molecule has 0 fully saturated rings. The predicted octanol–water partition coefficient (Wildman–Crippen LogP) is 2.43. The topological polar surface area (TPSA) is 92.3 Å². The molecule has 2 aliphatic heterocycles. The number of carbonyl (C=O) groups is 1. The van der Waals surface area contributed by atoms with Crippen molar-refractivity contribution in [2.75, 3.05) is 13.4 Å². The molecule has 8 nitrogen and oxygen atoms in total. The number of hydrogen-bond donors (Lipinski definition) is 0. The number of benzene rings is 1. The van der Waals surface area contributed by atoms with Crippen LogP contribution in [0.2, 0.25) is 0 Å². The van der Waals surface area contributed by atoms with Crippen molar-refractivity contribution < 1.29 is 23.4 Å². The van der Waals surface area contributed by atoms with Gasteiger partial charge in [-0.1, -0.05) is 17.4 Å². The summed E-state index contributed by atoms with van der Waals surface area (Å²) in [6, 6.07) is 8.32. The number of aromatic nitrogens is 1. The second-order valence-corrected chi connectivity index (χ2v) is 8.37. The lowest BCUT2D eigenvalue weighted by atomic mass is 9.95. The van der Waals surface area contributed by atoms with Crippen molar-refractivity contribution in [3.8, 4) is 11.5 Å². The largest absolute Gasteiger partial charge is 0.463 e. The maximum Gasteiger partial charge on any atom is 0.338 e. The molecule has 0 spiro atoms. The number of hydrogen-bond acceptors (Lipinski definition) is 8. The summed E-state index contributed by atoms with van der Waals surface area (Å²) < 4.78 is 23.8. The lowest BCUT2D eigenvalue weighted by Crippen LogP contribution is -2.39. The quantitative estimate of drug-likeness (QED) is 0.565. The monoisotopic (exact) mass is 452 g/mol. The normalized spacial score (nSPS) is 17.3. The molecule has 0 saturated carbocycles. The Balaban J connectivity index is 1.73. The highest BCUT2D eigenvalue weighted by atomic mass is 32.1. The summed E-state index contributed by atoms with van der Waals surface area (Å²) in [6.45, 7) is 5.67. The van der Waals surface area contributed by atoms with Crippen LogP contribution >= 0.6 is 11.3 Å². The molecule has 0 unspecified atom stereocenters. The van der Waals surface area contributed by atoms with Crippen molar-refractivity contribution in [3.63, 3.8) is 0 Å². The van der Waals surface area contributed by atoms with Gasteiger partial charge in [0.1, 0.15) is 11.5 Å². The molecule has 0 radical (unpaired) electrons. The second kappa shape index (κ2) is 7.83. The van der Waals surface area contributed by atoms with E-state index in [9.17, 15) is 9.59 Å². The van der Waals surface area contributed by atoms with E-state index >= 15 is 0 Å². The van der Waals surface area contributed by atoms with Gasteiger partial charge in [-0.25, -0.2) is 9.79 Å². The van der Waals surface area contributed by atoms with E-state index < -0.39 is 12.0 Å². The number of ether oxygens (including phenoxy) is 3. The minimum Gasteiger partial charge on any atom is -0.463 e. The average molecular weight is 452 g/mol. The lowest BCUT2D eigenvalue weighted by molar-refractivity contribution is -0.139. The SMILES string of the molecule is CCOC(=O)C1=C(C)N=c2s/c(=C\c3ccc(C)o3)c(=O)n2[C@@H]1c1ccc2c(c1)OCO2. The molecule has 0 amide bonds. The van der Waals surface area contributed by atoms with Gasteiger partial charge in [-0.15, -0.1) is 0 Å². The van der Waals surface area contributed by atoms with E-state index in [-0.39, 0.29) is 19.0 Å². The van der Waals surface area contributed by atoms with Crippen molar-refractivity contribution >= 4 is 23.4 Å². The van der Waals surface area contributed by atoms with E-state index in [1.165, 1.54) is 15.9 Å². The molecule has 0 saturated heterocycles. The summed E-state index contributed by atoms with van der Waals surface area (Å²) >= 11 is 1.25. The van der Waals surface area contributed by atoms with Crippen LogP contribution in [0.5, 0.6) is 11.5 Å². The molecule has 9 heteroatoms. The first kappa shape index (κ1) is 20.3. The number of esters is 1. The zero-order valence-electron chi connectivity index (χ0n) is 17.7. The third kappa shape index (κ3) is 3.34.